The van der Waals surface area contributed by atoms with Crippen LogP contribution in [-0.4, -0.2) is 156 Å². The summed E-state index contributed by atoms with van der Waals surface area (Å²) in [5, 5.41) is 13.3. The van der Waals surface area contributed by atoms with Crippen LogP contribution in [0.2, 0.25) is 0 Å². The van der Waals surface area contributed by atoms with E-state index in [1.807, 2.05) is 0 Å². The first-order valence-corrected chi connectivity index (χ1v) is 30.6. The number of carboxylic acids is 1. The molecule has 0 aromatic carbocycles. The number of carboxylic acid groups (broad SMARTS) is 1. The number of alkyl halides is 6. The minimum absolute atomic E-state index is 0. The quantitative estimate of drug-likeness (QED) is 0.0361. The van der Waals surface area contributed by atoms with E-state index in [4.69, 9.17) is 135 Å². The first-order chi connectivity index (χ1) is 35.9. The molecule has 2 saturated heterocycles. The maximum absolute atomic E-state index is 11.7. The smallest absolute Gasteiger partial charge is 0.512 e. The summed E-state index contributed by atoms with van der Waals surface area (Å²) in [6.07, 6.45) is 13.4. The molecule has 2 aliphatic heterocycles. The minimum Gasteiger partial charge on any atom is -0.512 e. The Bertz CT molecular complexity index is 1800. The van der Waals surface area contributed by atoms with E-state index in [0.717, 1.165) is 97.6 Å². The molecule has 0 amide bonds. The summed E-state index contributed by atoms with van der Waals surface area (Å²) < 4.78 is 46.5. The number of nitrogens with zero attached hydrogens (tertiary/aromatic N) is 1. The number of ketones is 1. The van der Waals surface area contributed by atoms with Gasteiger partial charge in [0.25, 0.3) is 5.97 Å². The molecule has 4 saturated carbocycles. The second-order valence-electron chi connectivity index (χ2n) is 27.7. The van der Waals surface area contributed by atoms with Crippen molar-refractivity contribution in [3.05, 3.63) is 19.2 Å². The summed E-state index contributed by atoms with van der Waals surface area (Å²) in [5.74, 6) is -0.0285. The minimum atomic E-state index is -0.833. The Balaban J connectivity index is -0.000000958. The van der Waals surface area contributed by atoms with Gasteiger partial charge in [0.15, 0.2) is 11.6 Å². The number of ether oxygens (including phenoxy) is 8. The third-order valence-electron chi connectivity index (χ3n) is 14.4. The van der Waals surface area contributed by atoms with Crippen molar-refractivity contribution in [2.24, 2.45) is 49.1 Å². The molecule has 4 aliphatic carbocycles. The molecule has 6 fully saturated rings. The Hall–Kier alpha value is 0.775. The molecule has 8 unspecified atom stereocenters. The molecule has 6 aliphatic rings. The van der Waals surface area contributed by atoms with Crippen molar-refractivity contribution < 1.29 is 82.1 Å². The van der Waals surface area contributed by atoms with Gasteiger partial charge in [-0.15, -0.1) is 76.2 Å². The number of carbonyl (C=O) groups excluding carboxylic acids is 1. The number of carbonyl (C=O) groups is 2. The van der Waals surface area contributed by atoms with Gasteiger partial charge in [0.2, 0.25) is 0 Å². The average Bonchev–Trinajstić information content (AvgIpc) is 3.91. The molecule has 14 nitrogen and oxygen atoms in total. The number of hydrogen-bond donors (Lipinski definition) is 3. The molecular weight excluding hydrogens is 1170 g/mol. The Morgan fingerprint density at radius 1 is 0.605 bits per heavy atom. The molecule has 0 aromatic heterocycles. The molecular formula is C59H106BCl6N3NaO11. The van der Waals surface area contributed by atoms with Crippen LogP contribution in [0.15, 0.2) is 12.7 Å². The topological polar surface area (TPSA) is 213 Å². The molecule has 81 heavy (non-hydrogen) atoms. The van der Waals surface area contributed by atoms with Crippen molar-refractivity contribution in [1.29, 1.82) is 5.26 Å². The van der Waals surface area contributed by atoms with Gasteiger partial charge in [0.05, 0.1) is 95.4 Å². The van der Waals surface area contributed by atoms with Gasteiger partial charge in [-0.1, -0.05) is 89.2 Å². The van der Waals surface area contributed by atoms with E-state index >= 15 is 0 Å². The van der Waals surface area contributed by atoms with E-state index in [0.29, 0.717) is 94.5 Å². The average molecular weight is 1280 g/mol. The van der Waals surface area contributed by atoms with E-state index in [1.54, 1.807) is 6.08 Å². The summed E-state index contributed by atoms with van der Waals surface area (Å²) in [6.45, 7) is 44.1. The first-order valence-electron chi connectivity index (χ1n) is 27.7. The molecule has 8 atom stereocenters. The summed E-state index contributed by atoms with van der Waals surface area (Å²) >= 11 is 34.8. The van der Waals surface area contributed by atoms with Crippen LogP contribution >= 0.6 is 69.6 Å². The van der Waals surface area contributed by atoms with Crippen LogP contribution in [0.25, 0.3) is 0 Å². The van der Waals surface area contributed by atoms with Crippen LogP contribution in [-0.2, 0) is 47.5 Å². The summed E-state index contributed by atoms with van der Waals surface area (Å²) in [5.41, 5.74) is 7.24. The van der Waals surface area contributed by atoms with Gasteiger partial charge in [-0.2, -0.15) is 0 Å². The van der Waals surface area contributed by atoms with Crippen molar-refractivity contribution in [1.82, 2.24) is 6.15 Å². The van der Waals surface area contributed by atoms with Gasteiger partial charge in [-0.25, -0.2) is 0 Å². The van der Waals surface area contributed by atoms with Crippen LogP contribution in [0.3, 0.4) is 0 Å². The largest absolute Gasteiger partial charge is 1.00 e. The molecule has 3 radical (unpaired) electrons. The maximum atomic E-state index is 11.7. The number of rotatable bonds is 19. The van der Waals surface area contributed by atoms with E-state index in [9.17, 15) is 4.79 Å². The third kappa shape index (κ3) is 34.9. The fraction of sp³-hybridized carbons (Fsp3) is 0.915. The normalized spacial score (nSPS) is 29.7. The van der Waals surface area contributed by atoms with Gasteiger partial charge in [-0.05, 0) is 81.8 Å². The van der Waals surface area contributed by atoms with Gasteiger partial charge in [0.1, 0.15) is 5.78 Å². The second kappa shape index (κ2) is 39.0. The number of halogens is 6. The van der Waals surface area contributed by atoms with Crippen LogP contribution in [0.5, 0.6) is 0 Å². The summed E-state index contributed by atoms with van der Waals surface area (Å²) in [6, 6.07) is 0.284. The van der Waals surface area contributed by atoms with Gasteiger partial charge >= 0.3 is 29.6 Å². The monoisotopic (exact) mass is 1280 g/mol. The molecule has 6 rings (SSSR count). The summed E-state index contributed by atoms with van der Waals surface area (Å²) in [7, 11) is 0. The molecule has 2 heterocycles. The fourth-order valence-electron chi connectivity index (χ4n) is 14.2. The summed E-state index contributed by atoms with van der Waals surface area (Å²) in [4.78, 5) is 20.7. The van der Waals surface area contributed by atoms with Crippen molar-refractivity contribution >= 4 is 89.8 Å². The third-order valence-corrected chi connectivity index (χ3v) is 16.9. The van der Waals surface area contributed by atoms with Crippen molar-refractivity contribution in [2.45, 2.75) is 201 Å². The molecule has 0 bridgehead atoms. The Kier molecular flexibility index (Phi) is 41.4. The Morgan fingerprint density at radius 3 is 1.26 bits per heavy atom. The number of hydrogen-bond acceptors (Lipinski definition) is 13. The molecule has 2 spiro atoms. The van der Waals surface area contributed by atoms with Crippen LogP contribution in [0.1, 0.15) is 167 Å². The SMILES string of the molecule is C=CCOCC1(C)CC(C)(C)CC2(C1)OCCO2.CC(=O)O.CC1(C)CC(=O)CC(C)(COCC(Cl)CCl)C1.CC1(C)CC(C)(COCC(Cl)CCl)CC2(C1)OCCO2.CC1(C)CC(N)CC(C)(COCC(Cl)CCl)C1.N.[B].[C-]#N.[Na+]. The fourth-order valence-corrected chi connectivity index (χ4v) is 14.7. The van der Waals surface area contributed by atoms with E-state index in [2.05, 4.69) is 89.7 Å². The van der Waals surface area contributed by atoms with Crippen LogP contribution < -0.4 is 41.4 Å². The molecule has 22 heteroatoms. The van der Waals surface area contributed by atoms with Crippen molar-refractivity contribution in [3.63, 3.8) is 0 Å². The standard InChI is InChI=1S/C15H26Cl2O3.C15H26O3.C13H25Cl2NO.C13H22Cl2O2.C2H4O2.CN.B.H3N.Na/c1-13(2)8-14(3,11-18-7-12(17)6-16)10-15(9-13)19-4-5-20-15;1-5-6-16-12-14(4)9-13(2,3)10-15(11-14)17-7-8-18-15;2*1-12(2)4-11(16)5-13(3,8-12)9-17-7-10(15)6-14;1-2(3)4;1-2;;;/h12H,4-11H2,1-3H3;5H,1,6-12H2,2-4H3;10-11H,4-9,16H2,1-3H3;10H,4-9H2,1-3H3;1H3,(H,3,4);;;1H3;/q;;;;;-1;;;+1. The van der Waals surface area contributed by atoms with Gasteiger partial charge in [0, 0.05) is 77.5 Å². The van der Waals surface area contributed by atoms with E-state index in [1.165, 1.54) is 0 Å². The predicted octanol–water partition coefficient (Wildman–Crippen LogP) is 11.0. The van der Waals surface area contributed by atoms with Crippen LogP contribution in [0, 0.1) is 55.2 Å². The maximum Gasteiger partial charge on any atom is 1.00 e. The Morgan fingerprint density at radius 2 is 0.926 bits per heavy atom. The van der Waals surface area contributed by atoms with E-state index < -0.39 is 11.8 Å². The first kappa shape index (κ1) is 86.0. The Labute approximate surface area is 545 Å². The van der Waals surface area contributed by atoms with E-state index in [-0.39, 0.29) is 110 Å². The van der Waals surface area contributed by atoms with Crippen molar-refractivity contribution in [3.8, 4) is 0 Å². The van der Waals surface area contributed by atoms with Crippen molar-refractivity contribution in [2.75, 3.05) is 96.9 Å². The zero-order valence-corrected chi connectivity index (χ0v) is 58.8. The molecule has 0 aromatic rings. The number of nitrogens with two attached hydrogens (primary N) is 1. The zero-order valence-electron chi connectivity index (χ0n) is 52.3. The van der Waals surface area contributed by atoms with Gasteiger partial charge in [-0.3, -0.25) is 9.59 Å². The zero-order chi connectivity index (χ0) is 59.9. The number of Topliss-reactive ketones (excluding diaryl/α,β-unsaturated/α-hetero) is 1. The second-order valence-corrected chi connectivity index (χ2v) is 30.5. The van der Waals surface area contributed by atoms with Gasteiger partial charge < -0.3 is 66.7 Å². The number of aliphatic carboxylic acids is 1. The predicted molar refractivity (Wildman–Crippen MR) is 329 cm³/mol. The van der Waals surface area contributed by atoms with Crippen LogP contribution in [0.4, 0.5) is 0 Å². The molecule has 469 valence electrons. The molecule has 6 N–H and O–H groups in total.